The molecule has 0 amide bonds. The summed E-state index contributed by atoms with van der Waals surface area (Å²) >= 11 is 5.86. The van der Waals surface area contributed by atoms with Crippen molar-refractivity contribution in [3.05, 3.63) is 50.9 Å². The van der Waals surface area contributed by atoms with Crippen LogP contribution in [0.1, 0.15) is 11.3 Å². The van der Waals surface area contributed by atoms with Gasteiger partial charge in [-0.3, -0.25) is 15.2 Å². The van der Waals surface area contributed by atoms with Gasteiger partial charge in [0.2, 0.25) is 5.95 Å². The first-order valence-electron chi connectivity index (χ1n) is 7.50. The molecule has 7 nitrogen and oxygen atoms in total. The normalized spacial score (nSPS) is 16.4. The largest absolute Gasteiger partial charge is 0.304 e. The van der Waals surface area contributed by atoms with E-state index in [2.05, 4.69) is 32.6 Å². The minimum Gasteiger partial charge on any atom is -0.304 e. The minimum absolute atomic E-state index is 0.230. The van der Waals surface area contributed by atoms with Gasteiger partial charge < -0.3 is 4.90 Å². The van der Waals surface area contributed by atoms with E-state index in [0.717, 1.165) is 31.7 Å². The second-order valence-corrected chi connectivity index (χ2v) is 6.09. The fraction of sp³-hybridized carbons (Fsp3) is 0.400. The lowest BCUT2D eigenvalue weighted by atomic mass is 10.1. The Kier molecular flexibility index (Phi) is 4.90. The van der Waals surface area contributed by atoms with E-state index in [-0.39, 0.29) is 5.56 Å². The Hall–Kier alpha value is -1.96. The lowest BCUT2D eigenvalue weighted by molar-refractivity contribution is 0.178. The molecule has 1 saturated heterocycles. The van der Waals surface area contributed by atoms with Crippen molar-refractivity contribution in [2.45, 2.75) is 6.42 Å². The summed E-state index contributed by atoms with van der Waals surface area (Å²) in [6, 6.07) is 7.34. The summed E-state index contributed by atoms with van der Waals surface area (Å²) in [5.74, 6) is 0.374. The third-order valence-electron chi connectivity index (χ3n) is 3.82. The van der Waals surface area contributed by atoms with Gasteiger partial charge >= 0.3 is 0 Å². The maximum atomic E-state index is 12.2. The van der Waals surface area contributed by atoms with Crippen molar-refractivity contribution >= 4 is 17.5 Å². The zero-order valence-electron chi connectivity index (χ0n) is 12.9. The van der Waals surface area contributed by atoms with Gasteiger partial charge in [0.1, 0.15) is 5.69 Å². The third-order valence-corrected chi connectivity index (χ3v) is 4.07. The number of hydrazine groups is 1. The summed E-state index contributed by atoms with van der Waals surface area (Å²) in [5, 5.41) is 10.8. The SMILES string of the molecule is CN1CCN(Nc2nnc(Cc3ccc(Cl)cc3)c(=O)[nH]2)CC1. The van der Waals surface area contributed by atoms with Crippen LogP contribution in [0, 0.1) is 0 Å². The summed E-state index contributed by atoms with van der Waals surface area (Å²) in [6.07, 6.45) is 0.425. The van der Waals surface area contributed by atoms with Crippen molar-refractivity contribution in [1.82, 2.24) is 25.1 Å². The van der Waals surface area contributed by atoms with E-state index in [1.165, 1.54) is 0 Å². The van der Waals surface area contributed by atoms with E-state index >= 15 is 0 Å². The molecule has 2 N–H and O–H groups in total. The molecule has 1 aromatic carbocycles. The van der Waals surface area contributed by atoms with E-state index in [4.69, 9.17) is 11.6 Å². The number of rotatable bonds is 4. The Morgan fingerprint density at radius 1 is 1.17 bits per heavy atom. The molecule has 0 atom stereocenters. The number of nitrogens with one attached hydrogen (secondary N) is 2. The molecule has 0 saturated carbocycles. The summed E-state index contributed by atoms with van der Waals surface area (Å²) in [6.45, 7) is 3.68. The predicted octanol–water partition coefficient (Wildman–Crippen LogP) is 0.983. The predicted molar refractivity (Wildman–Crippen MR) is 89.6 cm³/mol. The zero-order chi connectivity index (χ0) is 16.2. The summed E-state index contributed by atoms with van der Waals surface area (Å²) in [4.78, 5) is 17.2. The number of nitrogens with zero attached hydrogens (tertiary/aromatic N) is 4. The van der Waals surface area contributed by atoms with Gasteiger partial charge in [0.05, 0.1) is 0 Å². The molecule has 0 unspecified atom stereocenters. The molecular formula is C15H19ClN6O. The van der Waals surface area contributed by atoms with E-state index in [1.54, 1.807) is 12.1 Å². The first-order valence-corrected chi connectivity index (χ1v) is 7.88. The van der Waals surface area contributed by atoms with Gasteiger partial charge in [-0.1, -0.05) is 23.7 Å². The van der Waals surface area contributed by atoms with Crippen molar-refractivity contribution in [3.8, 4) is 0 Å². The van der Waals surface area contributed by atoms with E-state index < -0.39 is 0 Å². The molecule has 1 aromatic heterocycles. The molecule has 23 heavy (non-hydrogen) atoms. The number of hydrogen-bond donors (Lipinski definition) is 2. The number of benzene rings is 1. The lowest BCUT2D eigenvalue weighted by Crippen LogP contribution is -2.47. The van der Waals surface area contributed by atoms with Gasteiger partial charge in [-0.2, -0.15) is 0 Å². The van der Waals surface area contributed by atoms with Crippen molar-refractivity contribution < 1.29 is 0 Å². The summed E-state index contributed by atoms with van der Waals surface area (Å²) in [5.41, 5.74) is 4.22. The van der Waals surface area contributed by atoms with Gasteiger partial charge in [0.25, 0.3) is 5.56 Å². The quantitative estimate of drug-likeness (QED) is 0.868. The van der Waals surface area contributed by atoms with Gasteiger partial charge in [-0.05, 0) is 24.7 Å². The van der Waals surface area contributed by atoms with Crippen LogP contribution in [0.5, 0.6) is 0 Å². The highest BCUT2D eigenvalue weighted by Crippen LogP contribution is 2.11. The molecule has 2 aromatic rings. The van der Waals surface area contributed by atoms with Crippen LogP contribution in [0.15, 0.2) is 29.1 Å². The molecule has 3 rings (SSSR count). The number of piperazine rings is 1. The number of H-pyrrole nitrogens is 1. The van der Waals surface area contributed by atoms with Gasteiger partial charge in [-0.25, -0.2) is 5.01 Å². The number of anilines is 1. The molecule has 0 spiro atoms. The average Bonchev–Trinajstić information content (AvgIpc) is 2.54. The number of aromatic nitrogens is 3. The van der Waals surface area contributed by atoms with Crippen molar-refractivity contribution in [3.63, 3.8) is 0 Å². The van der Waals surface area contributed by atoms with Crippen LogP contribution in [0.2, 0.25) is 5.02 Å². The second-order valence-electron chi connectivity index (χ2n) is 5.65. The lowest BCUT2D eigenvalue weighted by Gasteiger charge is -2.32. The first kappa shape index (κ1) is 15.9. The molecule has 1 aliphatic heterocycles. The Balaban J connectivity index is 1.66. The number of aromatic amines is 1. The molecule has 122 valence electrons. The van der Waals surface area contributed by atoms with Crippen LogP contribution < -0.4 is 11.0 Å². The van der Waals surface area contributed by atoms with E-state index in [0.29, 0.717) is 23.1 Å². The van der Waals surface area contributed by atoms with E-state index in [9.17, 15) is 4.79 Å². The molecule has 0 aliphatic carbocycles. The fourth-order valence-corrected chi connectivity index (χ4v) is 2.52. The zero-order valence-corrected chi connectivity index (χ0v) is 13.7. The Labute approximate surface area is 139 Å². The van der Waals surface area contributed by atoms with Gasteiger partial charge in [0.15, 0.2) is 0 Å². The van der Waals surface area contributed by atoms with Crippen LogP contribution in [-0.2, 0) is 6.42 Å². The second kappa shape index (κ2) is 7.08. The maximum absolute atomic E-state index is 12.2. The highest BCUT2D eigenvalue weighted by molar-refractivity contribution is 6.30. The highest BCUT2D eigenvalue weighted by atomic mass is 35.5. The molecule has 8 heteroatoms. The topological polar surface area (TPSA) is 77.2 Å². The highest BCUT2D eigenvalue weighted by Gasteiger charge is 2.15. The summed E-state index contributed by atoms with van der Waals surface area (Å²) < 4.78 is 0. The van der Waals surface area contributed by atoms with Crippen LogP contribution in [0.3, 0.4) is 0 Å². The number of hydrogen-bond acceptors (Lipinski definition) is 6. The molecule has 1 aliphatic rings. The minimum atomic E-state index is -0.230. The molecule has 0 radical (unpaired) electrons. The van der Waals surface area contributed by atoms with Crippen LogP contribution in [-0.4, -0.2) is 58.3 Å². The Bertz CT molecular complexity index is 709. The maximum Gasteiger partial charge on any atom is 0.274 e. The monoisotopic (exact) mass is 334 g/mol. The van der Waals surface area contributed by atoms with Crippen LogP contribution in [0.4, 0.5) is 5.95 Å². The average molecular weight is 335 g/mol. The molecule has 0 bridgehead atoms. The van der Waals surface area contributed by atoms with Crippen LogP contribution in [0.25, 0.3) is 0 Å². The standard InChI is InChI=1S/C15H19ClN6O/c1-21-6-8-22(9-7-21)20-15-17-14(23)13(18-19-15)10-11-2-4-12(16)5-3-11/h2-5H,6-10H2,1H3,(H2,17,19,20,23). The van der Waals surface area contributed by atoms with Crippen molar-refractivity contribution in [2.24, 2.45) is 0 Å². The Morgan fingerprint density at radius 2 is 1.87 bits per heavy atom. The van der Waals surface area contributed by atoms with Crippen molar-refractivity contribution in [2.75, 3.05) is 38.7 Å². The number of likely N-dealkylation sites (N-methyl/N-ethyl adjacent to an activating group) is 1. The molecular weight excluding hydrogens is 316 g/mol. The van der Waals surface area contributed by atoms with Gasteiger partial charge in [0, 0.05) is 37.6 Å². The van der Waals surface area contributed by atoms with Gasteiger partial charge in [-0.15, -0.1) is 10.2 Å². The molecule has 1 fully saturated rings. The fourth-order valence-electron chi connectivity index (χ4n) is 2.39. The molecule has 2 heterocycles. The number of halogens is 1. The smallest absolute Gasteiger partial charge is 0.274 e. The summed E-state index contributed by atoms with van der Waals surface area (Å²) in [7, 11) is 2.09. The van der Waals surface area contributed by atoms with Crippen LogP contribution >= 0.6 is 11.6 Å². The first-order chi connectivity index (χ1) is 11.1. The Morgan fingerprint density at radius 3 is 2.52 bits per heavy atom. The third kappa shape index (κ3) is 4.28. The van der Waals surface area contributed by atoms with Crippen molar-refractivity contribution in [1.29, 1.82) is 0 Å². The van der Waals surface area contributed by atoms with E-state index in [1.807, 2.05) is 17.1 Å².